The summed E-state index contributed by atoms with van der Waals surface area (Å²) in [5.74, 6) is 1.19. The Hall–Kier alpha value is -2.74. The zero-order valence-electron chi connectivity index (χ0n) is 9.73. The minimum atomic E-state index is -1.16. The molecule has 0 aromatic heterocycles. The molecule has 0 unspecified atom stereocenters. The van der Waals surface area contributed by atoms with Gasteiger partial charge in [0.15, 0.2) is 0 Å². The Morgan fingerprint density at radius 2 is 1.89 bits per heavy atom. The van der Waals surface area contributed by atoms with Crippen LogP contribution in [0.25, 0.3) is 0 Å². The van der Waals surface area contributed by atoms with Gasteiger partial charge in [0, 0.05) is 36.5 Å². The number of amides is 1. The normalized spacial score (nSPS) is 9.39. The molecule has 1 amide bonds. The Morgan fingerprint density at radius 3 is 2.44 bits per heavy atom. The Balaban J connectivity index is 2.64. The summed E-state index contributed by atoms with van der Waals surface area (Å²) in [6, 6.07) is 9.57. The molecule has 0 radical (unpaired) electrons. The van der Waals surface area contributed by atoms with Crippen molar-refractivity contribution in [3.63, 3.8) is 0 Å². The van der Waals surface area contributed by atoms with E-state index >= 15 is 0 Å². The lowest BCUT2D eigenvalue weighted by atomic mass is 10.2. The van der Waals surface area contributed by atoms with Gasteiger partial charge in [0.05, 0.1) is 0 Å². The fourth-order valence-corrected chi connectivity index (χ4v) is 1.10. The number of carbonyl (C=O) groups excluding carboxylic acids is 1. The standard InChI is InChI=1S/C13H12N2O3/c1-14-9-8-10-2-4-11(5-3-10)15-12(16)6-7-13(17)18/h2-7,14H,1H3,(H,15,16)(H,17,18). The van der Waals surface area contributed by atoms with Gasteiger partial charge in [0.2, 0.25) is 5.91 Å². The van der Waals surface area contributed by atoms with Crippen LogP contribution < -0.4 is 10.6 Å². The van der Waals surface area contributed by atoms with Crippen LogP contribution in [0.5, 0.6) is 0 Å². The third-order valence-electron chi connectivity index (χ3n) is 1.86. The zero-order valence-corrected chi connectivity index (χ0v) is 9.73. The van der Waals surface area contributed by atoms with Gasteiger partial charge < -0.3 is 15.7 Å². The second kappa shape index (κ2) is 6.76. The maximum atomic E-state index is 11.3. The number of nitrogens with one attached hydrogen (secondary N) is 2. The van der Waals surface area contributed by atoms with Gasteiger partial charge in [0.1, 0.15) is 0 Å². The molecule has 0 aliphatic carbocycles. The number of anilines is 1. The van der Waals surface area contributed by atoms with Crippen molar-refractivity contribution in [3.05, 3.63) is 42.0 Å². The van der Waals surface area contributed by atoms with Crippen molar-refractivity contribution in [2.24, 2.45) is 0 Å². The van der Waals surface area contributed by atoms with Crippen molar-refractivity contribution in [3.8, 4) is 12.0 Å². The first-order valence-electron chi connectivity index (χ1n) is 5.11. The molecule has 5 nitrogen and oxygen atoms in total. The zero-order chi connectivity index (χ0) is 13.4. The van der Waals surface area contributed by atoms with Gasteiger partial charge in [0.25, 0.3) is 0 Å². The average molecular weight is 244 g/mol. The first-order chi connectivity index (χ1) is 8.61. The maximum Gasteiger partial charge on any atom is 0.328 e. The predicted molar refractivity (Wildman–Crippen MR) is 67.8 cm³/mol. The van der Waals surface area contributed by atoms with Crippen LogP contribution in [0.4, 0.5) is 5.69 Å². The van der Waals surface area contributed by atoms with E-state index in [-0.39, 0.29) is 0 Å². The Kier molecular flexibility index (Phi) is 5.00. The molecule has 0 saturated heterocycles. The predicted octanol–water partition coefficient (Wildman–Crippen LogP) is 0.794. The van der Waals surface area contributed by atoms with Crippen LogP contribution in [0.15, 0.2) is 36.4 Å². The number of benzene rings is 1. The first-order valence-corrected chi connectivity index (χ1v) is 5.11. The summed E-state index contributed by atoms with van der Waals surface area (Å²) in [5, 5.41) is 13.6. The molecule has 0 heterocycles. The van der Waals surface area contributed by atoms with Crippen LogP contribution in [0.3, 0.4) is 0 Å². The molecule has 92 valence electrons. The smallest absolute Gasteiger partial charge is 0.328 e. The summed E-state index contributed by atoms with van der Waals surface area (Å²) in [5.41, 5.74) is 1.38. The summed E-state index contributed by atoms with van der Waals surface area (Å²) in [7, 11) is 1.72. The van der Waals surface area contributed by atoms with E-state index in [1.807, 2.05) is 0 Å². The molecule has 5 heteroatoms. The van der Waals surface area contributed by atoms with E-state index in [0.717, 1.165) is 17.7 Å². The molecule has 18 heavy (non-hydrogen) atoms. The lowest BCUT2D eigenvalue weighted by molar-refractivity contribution is -0.131. The number of carboxylic acids is 1. The van der Waals surface area contributed by atoms with Crippen LogP contribution in [-0.4, -0.2) is 24.0 Å². The van der Waals surface area contributed by atoms with E-state index in [0.29, 0.717) is 5.69 Å². The quantitative estimate of drug-likeness (QED) is 0.417. The third-order valence-corrected chi connectivity index (χ3v) is 1.86. The van der Waals surface area contributed by atoms with Crippen LogP contribution in [-0.2, 0) is 9.59 Å². The topological polar surface area (TPSA) is 78.4 Å². The van der Waals surface area contributed by atoms with Crippen molar-refractivity contribution in [1.82, 2.24) is 5.32 Å². The summed E-state index contributed by atoms with van der Waals surface area (Å²) in [6.45, 7) is 0. The molecule has 0 fully saturated rings. The largest absolute Gasteiger partial charge is 0.478 e. The van der Waals surface area contributed by atoms with Gasteiger partial charge in [-0.1, -0.05) is 0 Å². The minimum absolute atomic E-state index is 0.494. The van der Waals surface area contributed by atoms with Gasteiger partial charge in [-0.3, -0.25) is 4.79 Å². The highest BCUT2D eigenvalue weighted by Gasteiger charge is 1.98. The molecule has 1 rings (SSSR count). The number of carbonyl (C=O) groups is 2. The van der Waals surface area contributed by atoms with Crippen molar-refractivity contribution in [2.75, 3.05) is 12.4 Å². The lowest BCUT2D eigenvalue weighted by Crippen LogP contribution is -2.08. The van der Waals surface area contributed by atoms with Gasteiger partial charge in [-0.25, -0.2) is 4.79 Å². The fraction of sp³-hybridized carbons (Fsp3) is 0.0769. The Morgan fingerprint density at radius 1 is 1.22 bits per heavy atom. The number of hydrogen-bond donors (Lipinski definition) is 3. The van der Waals surface area contributed by atoms with E-state index in [9.17, 15) is 9.59 Å². The second-order valence-electron chi connectivity index (χ2n) is 3.24. The van der Waals surface area contributed by atoms with Crippen molar-refractivity contribution >= 4 is 17.6 Å². The van der Waals surface area contributed by atoms with Gasteiger partial charge >= 0.3 is 5.97 Å². The van der Waals surface area contributed by atoms with Crippen molar-refractivity contribution < 1.29 is 14.7 Å². The van der Waals surface area contributed by atoms with Gasteiger partial charge in [-0.05, 0) is 30.2 Å². The molecular formula is C13H12N2O3. The molecule has 0 spiro atoms. The van der Waals surface area contributed by atoms with Gasteiger partial charge in [-0.15, -0.1) is 0 Å². The highest BCUT2D eigenvalue weighted by molar-refractivity contribution is 6.02. The number of hydrogen-bond acceptors (Lipinski definition) is 3. The van der Waals surface area contributed by atoms with E-state index in [1.165, 1.54) is 0 Å². The Bertz CT molecular complexity index is 521. The first kappa shape index (κ1) is 13.3. The summed E-state index contributed by atoms with van der Waals surface area (Å²) < 4.78 is 0. The van der Waals surface area contributed by atoms with Crippen molar-refractivity contribution in [2.45, 2.75) is 0 Å². The fourth-order valence-electron chi connectivity index (χ4n) is 1.10. The number of aliphatic carboxylic acids is 1. The molecule has 0 atom stereocenters. The van der Waals surface area contributed by atoms with E-state index in [1.54, 1.807) is 31.3 Å². The van der Waals surface area contributed by atoms with E-state index in [4.69, 9.17) is 5.11 Å². The molecule has 0 bridgehead atoms. The highest BCUT2D eigenvalue weighted by Crippen LogP contribution is 2.08. The molecule has 0 aliphatic heterocycles. The number of carboxylic acid groups (broad SMARTS) is 1. The summed E-state index contributed by atoms with van der Waals surface area (Å²) in [6.07, 6.45) is 1.74. The lowest BCUT2D eigenvalue weighted by Gasteiger charge is -2.01. The number of rotatable bonds is 3. The van der Waals surface area contributed by atoms with Crippen LogP contribution >= 0.6 is 0 Å². The van der Waals surface area contributed by atoms with Gasteiger partial charge in [-0.2, -0.15) is 0 Å². The average Bonchev–Trinajstić information content (AvgIpc) is 2.35. The maximum absolute atomic E-state index is 11.3. The van der Waals surface area contributed by atoms with Crippen LogP contribution in [0, 0.1) is 12.0 Å². The third kappa shape index (κ3) is 4.86. The summed E-state index contributed by atoms with van der Waals surface area (Å²) in [4.78, 5) is 21.5. The molecule has 3 N–H and O–H groups in total. The highest BCUT2D eigenvalue weighted by atomic mass is 16.4. The Labute approximate surface area is 105 Å². The second-order valence-corrected chi connectivity index (χ2v) is 3.24. The monoisotopic (exact) mass is 244 g/mol. The van der Waals surface area contributed by atoms with E-state index in [2.05, 4.69) is 22.6 Å². The molecule has 1 aromatic rings. The molecule has 0 aliphatic rings. The molecule has 1 aromatic carbocycles. The van der Waals surface area contributed by atoms with Crippen molar-refractivity contribution in [1.29, 1.82) is 0 Å². The molecular weight excluding hydrogens is 232 g/mol. The van der Waals surface area contributed by atoms with Crippen LogP contribution in [0.2, 0.25) is 0 Å². The van der Waals surface area contributed by atoms with Crippen LogP contribution in [0.1, 0.15) is 5.56 Å². The van der Waals surface area contributed by atoms with E-state index < -0.39 is 11.9 Å². The SMILES string of the molecule is CNC#Cc1ccc(NC(=O)C=CC(=O)O)cc1. The minimum Gasteiger partial charge on any atom is -0.478 e. The summed E-state index contributed by atoms with van der Waals surface area (Å²) >= 11 is 0. The molecule has 0 saturated carbocycles.